The lowest BCUT2D eigenvalue weighted by Gasteiger charge is -2.17. The zero-order valence-electron chi connectivity index (χ0n) is 30.5. The Hall–Kier alpha value is -5.61. The Morgan fingerprint density at radius 2 is 1.30 bits per heavy atom. The van der Waals surface area contributed by atoms with Gasteiger partial charge < -0.3 is 24.9 Å². The number of aliphatic imine (C=N–C) groups is 1. The van der Waals surface area contributed by atoms with Crippen LogP contribution in [0, 0.1) is 0 Å². The fourth-order valence-corrected chi connectivity index (χ4v) is 7.33. The fourth-order valence-electron chi connectivity index (χ4n) is 4.73. The molecule has 0 saturated carbocycles. The highest BCUT2D eigenvalue weighted by atomic mass is 32.2. The lowest BCUT2D eigenvalue weighted by molar-refractivity contribution is -0.129. The molecule has 54 heavy (non-hydrogen) atoms. The van der Waals surface area contributed by atoms with Gasteiger partial charge in [0.1, 0.15) is 33.3 Å². The molecule has 22 heteroatoms. The van der Waals surface area contributed by atoms with Gasteiger partial charge >= 0.3 is 0 Å². The molecule has 0 bridgehead atoms. The molecule has 0 unspecified atom stereocenters. The van der Waals surface area contributed by atoms with Crippen LogP contribution in [0.2, 0.25) is 0 Å². The molecular weight excluding hydrogens is 759 g/mol. The van der Waals surface area contributed by atoms with Crippen molar-refractivity contribution in [2.75, 3.05) is 66.9 Å². The molecule has 5 aromatic heterocycles. The quantitative estimate of drug-likeness (QED) is 0.188. The number of thiazole rings is 2. The largest absolute Gasteiger partial charge is 0.349 e. The van der Waals surface area contributed by atoms with E-state index in [1.807, 2.05) is 6.07 Å². The van der Waals surface area contributed by atoms with Crippen LogP contribution >= 0.6 is 22.7 Å². The number of nitrogens with one attached hydrogen (secondary N) is 1. The Morgan fingerprint density at radius 3 is 1.85 bits per heavy atom. The molecule has 1 N–H and O–H groups in total. The summed E-state index contributed by atoms with van der Waals surface area (Å²) in [6.07, 6.45) is 7.53. The van der Waals surface area contributed by atoms with Gasteiger partial charge in [0.05, 0.1) is 24.1 Å². The van der Waals surface area contributed by atoms with Crippen molar-refractivity contribution < 1.29 is 27.6 Å². The van der Waals surface area contributed by atoms with E-state index in [-0.39, 0.29) is 52.7 Å². The molecule has 0 aromatic carbocycles. The molecule has 0 atom stereocenters. The SMILES string of the molecule is CN(C)C(=O)CCN(C)C(=O)c1nc2c(Nc3cnc4c(c3)C=NC4)ncnc2s1.CN(C)C(=O)CCN(C)C(=O)c1nc2c(S(C)(=O)=O)ncnc2s1. The maximum Gasteiger partial charge on any atom is 0.282 e. The number of fused-ring (bicyclic) bond motifs is 3. The third-order valence-corrected chi connectivity index (χ3v) is 10.7. The third kappa shape index (κ3) is 9.30. The van der Waals surface area contributed by atoms with Crippen LogP contribution in [0.3, 0.4) is 0 Å². The maximum absolute atomic E-state index is 12.8. The first-order chi connectivity index (χ1) is 25.5. The lowest BCUT2D eigenvalue weighted by atomic mass is 10.2. The van der Waals surface area contributed by atoms with E-state index >= 15 is 0 Å². The van der Waals surface area contributed by atoms with E-state index in [2.05, 4.69) is 45.2 Å². The summed E-state index contributed by atoms with van der Waals surface area (Å²) in [6.45, 7) is 1.14. The first-order valence-corrected chi connectivity index (χ1v) is 19.7. The minimum atomic E-state index is -3.58. The van der Waals surface area contributed by atoms with E-state index < -0.39 is 15.7 Å². The average Bonchev–Trinajstić information content (AvgIpc) is 3.90. The number of aromatic nitrogens is 7. The van der Waals surface area contributed by atoms with Crippen molar-refractivity contribution in [1.29, 1.82) is 0 Å². The highest BCUT2D eigenvalue weighted by molar-refractivity contribution is 7.90. The number of pyridine rings is 1. The molecule has 0 saturated heterocycles. The van der Waals surface area contributed by atoms with Gasteiger partial charge in [-0.15, -0.1) is 0 Å². The number of hydrogen-bond acceptors (Lipinski definition) is 17. The van der Waals surface area contributed by atoms with Gasteiger partial charge in [0.25, 0.3) is 11.8 Å². The topological polar surface area (TPSA) is 230 Å². The van der Waals surface area contributed by atoms with Crippen LogP contribution in [0.15, 0.2) is 34.9 Å². The van der Waals surface area contributed by atoms with E-state index in [1.54, 1.807) is 54.7 Å². The van der Waals surface area contributed by atoms with Gasteiger partial charge in [0.2, 0.25) is 11.8 Å². The van der Waals surface area contributed by atoms with Gasteiger partial charge in [-0.05, 0) is 6.07 Å². The van der Waals surface area contributed by atoms with Gasteiger partial charge in [-0.2, -0.15) is 0 Å². The Balaban J connectivity index is 0.000000213. The van der Waals surface area contributed by atoms with Gasteiger partial charge in [-0.25, -0.2) is 38.3 Å². The zero-order chi connectivity index (χ0) is 39.3. The third-order valence-electron chi connectivity index (χ3n) is 7.83. The van der Waals surface area contributed by atoms with Crippen molar-refractivity contribution in [3.8, 4) is 0 Å². The first kappa shape index (κ1) is 39.6. The fraction of sp³-hybridized carbons (Fsp3) is 0.375. The second-order valence-electron chi connectivity index (χ2n) is 12.4. The number of hydrogen-bond donors (Lipinski definition) is 1. The van der Waals surface area contributed by atoms with E-state index in [0.717, 1.165) is 40.9 Å². The summed E-state index contributed by atoms with van der Waals surface area (Å²) in [5.41, 5.74) is 3.25. The monoisotopic (exact) mass is 795 g/mol. The summed E-state index contributed by atoms with van der Waals surface area (Å²) in [6, 6.07) is 1.95. The highest BCUT2D eigenvalue weighted by Gasteiger charge is 2.24. The molecule has 19 nitrogen and oxygen atoms in total. The Kier molecular flexibility index (Phi) is 12.2. The van der Waals surface area contributed by atoms with Crippen LogP contribution in [0.1, 0.15) is 43.7 Å². The Labute approximate surface area is 318 Å². The predicted molar refractivity (Wildman–Crippen MR) is 203 cm³/mol. The highest BCUT2D eigenvalue weighted by Crippen LogP contribution is 2.28. The minimum absolute atomic E-state index is 0.0377. The van der Waals surface area contributed by atoms with Crippen LogP contribution < -0.4 is 5.32 Å². The number of nitrogens with zero attached hydrogens (tertiary/aromatic N) is 12. The summed E-state index contributed by atoms with van der Waals surface area (Å²) < 4.78 is 23.5. The van der Waals surface area contributed by atoms with Gasteiger partial charge in [0.15, 0.2) is 30.7 Å². The number of carbonyl (C=O) groups excluding carboxylic acids is 4. The van der Waals surface area contributed by atoms with Crippen molar-refractivity contribution in [3.05, 3.63) is 46.2 Å². The molecule has 0 radical (unpaired) electrons. The molecule has 6 rings (SSSR count). The van der Waals surface area contributed by atoms with E-state index in [9.17, 15) is 27.6 Å². The van der Waals surface area contributed by atoms with Crippen molar-refractivity contribution >= 4 is 94.6 Å². The molecule has 5 aromatic rings. The van der Waals surface area contributed by atoms with Crippen LogP contribution in [0.4, 0.5) is 11.5 Å². The molecular formula is C32H37N13O6S3. The van der Waals surface area contributed by atoms with Crippen molar-refractivity contribution in [1.82, 2.24) is 54.5 Å². The van der Waals surface area contributed by atoms with Gasteiger partial charge in [-0.1, -0.05) is 22.7 Å². The Bertz CT molecular complexity index is 2380. The number of anilines is 2. The molecule has 6 heterocycles. The van der Waals surface area contributed by atoms with Crippen LogP contribution in [-0.2, 0) is 26.0 Å². The van der Waals surface area contributed by atoms with E-state index in [1.165, 1.54) is 37.3 Å². The summed E-state index contributed by atoms with van der Waals surface area (Å²) in [4.78, 5) is 88.6. The number of rotatable bonds is 11. The van der Waals surface area contributed by atoms with Crippen LogP contribution in [-0.4, -0.2) is 154 Å². The Morgan fingerprint density at radius 1 is 0.759 bits per heavy atom. The van der Waals surface area contributed by atoms with Crippen molar-refractivity contribution in [2.45, 2.75) is 24.4 Å². The molecule has 0 fully saturated rings. The normalized spacial score (nSPS) is 11.8. The molecule has 4 amide bonds. The van der Waals surface area contributed by atoms with Gasteiger partial charge in [0, 0.05) is 86.3 Å². The number of sulfone groups is 1. The summed E-state index contributed by atoms with van der Waals surface area (Å²) >= 11 is 2.18. The molecule has 0 aliphatic carbocycles. The van der Waals surface area contributed by atoms with E-state index in [0.29, 0.717) is 39.1 Å². The number of amides is 4. The molecule has 1 aliphatic rings. The summed E-state index contributed by atoms with van der Waals surface area (Å²) in [5.74, 6) is -0.291. The minimum Gasteiger partial charge on any atom is -0.349 e. The van der Waals surface area contributed by atoms with Gasteiger partial charge in [-0.3, -0.25) is 29.2 Å². The lowest BCUT2D eigenvalue weighted by Crippen LogP contribution is -2.32. The predicted octanol–water partition coefficient (Wildman–Crippen LogP) is 1.75. The average molecular weight is 796 g/mol. The van der Waals surface area contributed by atoms with Crippen LogP contribution in [0.5, 0.6) is 0 Å². The van der Waals surface area contributed by atoms with Crippen LogP contribution in [0.25, 0.3) is 20.7 Å². The molecule has 284 valence electrons. The van der Waals surface area contributed by atoms with Crippen molar-refractivity contribution in [3.63, 3.8) is 0 Å². The molecule has 1 aliphatic heterocycles. The van der Waals surface area contributed by atoms with Crippen molar-refractivity contribution in [2.24, 2.45) is 4.99 Å². The second-order valence-corrected chi connectivity index (χ2v) is 16.3. The standard InChI is InChI=1S/C19H20N8O2S.C13H17N5O4S2/c1-26(2)14(28)4-5-27(3)19(29)18-25-15-16(22-10-23-17(15)30-18)24-12-6-11-7-20-9-13(11)21-8-12;1-17(2)8(19)5-6-18(3)13(20)11-16-9-10(23-11)14-7-15-12(9)24(4,21)22/h6-8,10H,4-5,9H2,1-3H3,(H,22,23,24);7H,5-6H2,1-4H3. The maximum atomic E-state index is 12.8. The zero-order valence-corrected chi connectivity index (χ0v) is 32.9. The smallest absolute Gasteiger partial charge is 0.282 e. The first-order valence-electron chi connectivity index (χ1n) is 16.1. The van der Waals surface area contributed by atoms with E-state index in [4.69, 9.17) is 0 Å². The second kappa shape index (κ2) is 16.6. The number of carbonyl (C=O) groups is 4. The summed E-state index contributed by atoms with van der Waals surface area (Å²) in [7, 11) is 6.30. The summed E-state index contributed by atoms with van der Waals surface area (Å²) in [5, 5.41) is 3.41. The molecule has 0 spiro atoms.